The summed E-state index contributed by atoms with van der Waals surface area (Å²) in [6.45, 7) is 2.12. The number of rotatable bonds is 3. The highest BCUT2D eigenvalue weighted by Gasteiger charge is 2.17. The predicted octanol–water partition coefficient (Wildman–Crippen LogP) is 3.90. The van der Waals surface area contributed by atoms with E-state index in [1.54, 1.807) is 36.4 Å². The molecule has 1 heterocycles. The second kappa shape index (κ2) is 6.53. The summed E-state index contributed by atoms with van der Waals surface area (Å²) in [6, 6.07) is 15.9. The van der Waals surface area contributed by atoms with Crippen LogP contribution < -0.4 is 4.90 Å². The summed E-state index contributed by atoms with van der Waals surface area (Å²) < 4.78 is 25.1. The van der Waals surface area contributed by atoms with Gasteiger partial charge in [-0.05, 0) is 49.2 Å². The van der Waals surface area contributed by atoms with Crippen LogP contribution in [0.1, 0.15) is 25.7 Å². The molecule has 1 aliphatic rings. The van der Waals surface area contributed by atoms with E-state index < -0.39 is 9.84 Å². The normalized spacial score (nSPS) is 16.3. The lowest BCUT2D eigenvalue weighted by Crippen LogP contribution is -2.23. The molecule has 2 aromatic rings. The fraction of sp³-hybridized carbons (Fsp3) is 0.333. The van der Waals surface area contributed by atoms with E-state index in [1.165, 1.54) is 25.7 Å². The molecule has 2 aromatic carbocycles. The first kappa shape index (κ1) is 15.1. The Hall–Kier alpha value is -1.81. The number of hydrogen-bond donors (Lipinski definition) is 0. The highest BCUT2D eigenvalue weighted by atomic mass is 32.2. The van der Waals surface area contributed by atoms with Gasteiger partial charge < -0.3 is 4.90 Å². The zero-order chi connectivity index (χ0) is 15.4. The molecule has 3 nitrogen and oxygen atoms in total. The molecule has 1 fully saturated rings. The maximum Gasteiger partial charge on any atom is 0.206 e. The lowest BCUT2D eigenvalue weighted by Gasteiger charge is -2.22. The zero-order valence-corrected chi connectivity index (χ0v) is 13.4. The molecule has 0 saturated carbocycles. The summed E-state index contributed by atoms with van der Waals surface area (Å²) in [4.78, 5) is 3.06. The molecule has 1 saturated heterocycles. The van der Waals surface area contributed by atoms with Crippen LogP contribution >= 0.6 is 0 Å². The zero-order valence-electron chi connectivity index (χ0n) is 12.6. The van der Waals surface area contributed by atoms with E-state index in [1.807, 2.05) is 18.2 Å². The molecule has 0 aliphatic carbocycles. The minimum absolute atomic E-state index is 0.345. The van der Waals surface area contributed by atoms with Crippen LogP contribution in [0.3, 0.4) is 0 Å². The van der Waals surface area contributed by atoms with Gasteiger partial charge >= 0.3 is 0 Å². The Balaban J connectivity index is 1.85. The lowest BCUT2D eigenvalue weighted by molar-refractivity contribution is 0.596. The van der Waals surface area contributed by atoms with E-state index in [0.717, 1.165) is 18.8 Å². The van der Waals surface area contributed by atoms with E-state index in [4.69, 9.17) is 0 Å². The molecule has 0 atom stereocenters. The maximum absolute atomic E-state index is 12.6. The van der Waals surface area contributed by atoms with Crippen molar-refractivity contribution in [2.24, 2.45) is 0 Å². The summed E-state index contributed by atoms with van der Waals surface area (Å²) in [6.07, 6.45) is 5.00. The fourth-order valence-corrected chi connectivity index (χ4v) is 4.18. The van der Waals surface area contributed by atoms with Crippen molar-refractivity contribution in [3.8, 4) is 0 Å². The summed E-state index contributed by atoms with van der Waals surface area (Å²) >= 11 is 0. The lowest BCUT2D eigenvalue weighted by atomic mass is 10.2. The second-order valence-corrected chi connectivity index (χ2v) is 7.66. The third-order valence-electron chi connectivity index (χ3n) is 4.17. The van der Waals surface area contributed by atoms with Crippen molar-refractivity contribution in [2.45, 2.75) is 35.5 Å². The largest absolute Gasteiger partial charge is 0.372 e. The first-order valence-electron chi connectivity index (χ1n) is 7.83. The minimum Gasteiger partial charge on any atom is -0.372 e. The van der Waals surface area contributed by atoms with Gasteiger partial charge in [0.25, 0.3) is 0 Å². The average Bonchev–Trinajstić information content (AvgIpc) is 2.85. The molecule has 22 heavy (non-hydrogen) atoms. The van der Waals surface area contributed by atoms with Crippen LogP contribution in [0.4, 0.5) is 5.69 Å². The highest BCUT2D eigenvalue weighted by molar-refractivity contribution is 7.91. The first-order valence-corrected chi connectivity index (χ1v) is 9.31. The average molecular weight is 315 g/mol. The van der Waals surface area contributed by atoms with Crippen LogP contribution in [0.2, 0.25) is 0 Å². The van der Waals surface area contributed by atoms with Crippen molar-refractivity contribution < 1.29 is 8.42 Å². The van der Waals surface area contributed by atoms with Crippen molar-refractivity contribution in [1.82, 2.24) is 0 Å². The summed E-state index contributed by atoms with van der Waals surface area (Å²) in [7, 11) is -3.41. The molecule has 0 unspecified atom stereocenters. The Kier molecular flexibility index (Phi) is 4.48. The number of sulfone groups is 1. The van der Waals surface area contributed by atoms with E-state index in [9.17, 15) is 8.42 Å². The molecule has 0 bridgehead atoms. The van der Waals surface area contributed by atoms with Crippen molar-refractivity contribution in [3.05, 3.63) is 54.6 Å². The Bertz CT molecular complexity index is 701. The third-order valence-corrected chi connectivity index (χ3v) is 5.96. The van der Waals surface area contributed by atoms with Crippen molar-refractivity contribution in [2.75, 3.05) is 18.0 Å². The van der Waals surface area contributed by atoms with Gasteiger partial charge in [-0.1, -0.05) is 31.0 Å². The van der Waals surface area contributed by atoms with Gasteiger partial charge in [0.1, 0.15) is 0 Å². The molecule has 4 heteroatoms. The van der Waals surface area contributed by atoms with Crippen LogP contribution in [0.25, 0.3) is 0 Å². The van der Waals surface area contributed by atoms with E-state index >= 15 is 0 Å². The fourth-order valence-electron chi connectivity index (χ4n) is 2.90. The van der Waals surface area contributed by atoms with Gasteiger partial charge in [0.2, 0.25) is 9.84 Å². The number of benzene rings is 2. The molecular formula is C18H21NO2S. The molecule has 0 aromatic heterocycles. The van der Waals surface area contributed by atoms with Gasteiger partial charge in [0.05, 0.1) is 9.79 Å². The number of hydrogen-bond acceptors (Lipinski definition) is 3. The topological polar surface area (TPSA) is 37.4 Å². The van der Waals surface area contributed by atoms with Gasteiger partial charge in [-0.25, -0.2) is 8.42 Å². The van der Waals surface area contributed by atoms with Crippen LogP contribution in [0, 0.1) is 0 Å². The second-order valence-electron chi connectivity index (χ2n) is 5.71. The van der Waals surface area contributed by atoms with Crippen molar-refractivity contribution >= 4 is 15.5 Å². The Labute approximate surface area is 132 Å². The van der Waals surface area contributed by atoms with Gasteiger partial charge in [0, 0.05) is 18.8 Å². The summed E-state index contributed by atoms with van der Waals surface area (Å²) in [5.74, 6) is 0. The molecule has 1 aliphatic heterocycles. The summed E-state index contributed by atoms with van der Waals surface area (Å²) in [5, 5.41) is 0. The molecule has 116 valence electrons. The molecule has 0 spiro atoms. The van der Waals surface area contributed by atoms with E-state index in [2.05, 4.69) is 4.90 Å². The predicted molar refractivity (Wildman–Crippen MR) is 89.0 cm³/mol. The van der Waals surface area contributed by atoms with Crippen LogP contribution in [-0.4, -0.2) is 21.5 Å². The number of nitrogens with zero attached hydrogens (tertiary/aromatic N) is 1. The SMILES string of the molecule is O=S(=O)(c1ccccc1)c1ccc(N2CCCCCC2)cc1. The highest BCUT2D eigenvalue weighted by Crippen LogP contribution is 2.25. The molecule has 0 radical (unpaired) electrons. The molecular weight excluding hydrogens is 294 g/mol. The smallest absolute Gasteiger partial charge is 0.206 e. The van der Waals surface area contributed by atoms with Gasteiger partial charge in [0.15, 0.2) is 0 Å². The summed E-state index contributed by atoms with van der Waals surface area (Å²) in [5.41, 5.74) is 1.12. The van der Waals surface area contributed by atoms with Gasteiger partial charge in [-0.2, -0.15) is 0 Å². The van der Waals surface area contributed by atoms with Crippen molar-refractivity contribution in [1.29, 1.82) is 0 Å². The van der Waals surface area contributed by atoms with Gasteiger partial charge in [-0.3, -0.25) is 0 Å². The van der Waals surface area contributed by atoms with Crippen LogP contribution in [-0.2, 0) is 9.84 Å². The molecule has 0 N–H and O–H groups in total. The van der Waals surface area contributed by atoms with Gasteiger partial charge in [-0.15, -0.1) is 0 Å². The number of anilines is 1. The standard InChI is InChI=1S/C18H21NO2S/c20-22(21,17-8-4-3-5-9-17)18-12-10-16(11-13-18)19-14-6-1-2-7-15-19/h3-5,8-13H,1-2,6-7,14-15H2. The third kappa shape index (κ3) is 3.17. The van der Waals surface area contributed by atoms with Crippen LogP contribution in [0.5, 0.6) is 0 Å². The Morgan fingerprint density at radius 2 is 1.23 bits per heavy atom. The molecule has 3 rings (SSSR count). The minimum atomic E-state index is -3.41. The van der Waals surface area contributed by atoms with Crippen LogP contribution in [0.15, 0.2) is 64.4 Å². The van der Waals surface area contributed by atoms with Crippen molar-refractivity contribution in [3.63, 3.8) is 0 Å². The monoisotopic (exact) mass is 315 g/mol. The van der Waals surface area contributed by atoms with E-state index in [-0.39, 0.29) is 0 Å². The first-order chi connectivity index (χ1) is 10.7. The molecule has 0 amide bonds. The Morgan fingerprint density at radius 3 is 1.82 bits per heavy atom. The Morgan fingerprint density at radius 1 is 0.682 bits per heavy atom. The maximum atomic E-state index is 12.6. The van der Waals surface area contributed by atoms with E-state index in [0.29, 0.717) is 9.79 Å². The quantitative estimate of drug-likeness (QED) is 0.862.